The van der Waals surface area contributed by atoms with Crippen molar-refractivity contribution < 1.29 is 13.2 Å². The number of anilines is 1. The molecule has 3 aromatic heterocycles. The van der Waals surface area contributed by atoms with Gasteiger partial charge in [-0.1, -0.05) is 11.6 Å². The van der Waals surface area contributed by atoms with E-state index in [4.69, 9.17) is 17.3 Å². The SMILES string of the molecule is NC(=NCN1CCCC1=O)c1sccc1NS(=O)(=O)c1cc2nc(Cl)ccc2s1. The first-order chi connectivity index (χ1) is 13.8. The highest BCUT2D eigenvalue weighted by atomic mass is 35.5. The van der Waals surface area contributed by atoms with Crippen LogP contribution in [0.4, 0.5) is 5.69 Å². The molecule has 1 aliphatic rings. The second-order valence-corrected chi connectivity index (χ2v) is 10.6. The molecule has 1 saturated heterocycles. The van der Waals surface area contributed by atoms with Gasteiger partial charge in [0.05, 0.1) is 20.8 Å². The average molecular weight is 470 g/mol. The number of halogens is 1. The number of amidine groups is 1. The Morgan fingerprint density at radius 2 is 2.21 bits per heavy atom. The fraction of sp³-hybridized carbons (Fsp3) is 0.235. The molecule has 0 spiro atoms. The van der Waals surface area contributed by atoms with E-state index in [1.807, 2.05) is 0 Å². The van der Waals surface area contributed by atoms with Crippen LogP contribution in [-0.4, -0.2) is 43.3 Å². The highest BCUT2D eigenvalue weighted by Crippen LogP contribution is 2.31. The van der Waals surface area contributed by atoms with Gasteiger partial charge >= 0.3 is 0 Å². The number of amides is 1. The van der Waals surface area contributed by atoms with Gasteiger partial charge in [0.15, 0.2) is 0 Å². The summed E-state index contributed by atoms with van der Waals surface area (Å²) in [5.41, 5.74) is 6.92. The lowest BCUT2D eigenvalue weighted by Gasteiger charge is -2.12. The van der Waals surface area contributed by atoms with Crippen molar-refractivity contribution in [2.45, 2.75) is 17.1 Å². The van der Waals surface area contributed by atoms with E-state index in [0.29, 0.717) is 34.2 Å². The number of likely N-dealkylation sites (tertiary alicyclic amines) is 1. The molecule has 0 radical (unpaired) electrons. The predicted octanol–water partition coefficient (Wildman–Crippen LogP) is 3.10. The molecule has 12 heteroatoms. The maximum atomic E-state index is 12.8. The van der Waals surface area contributed by atoms with Gasteiger partial charge < -0.3 is 10.6 Å². The van der Waals surface area contributed by atoms with Crippen molar-refractivity contribution >= 4 is 71.9 Å². The monoisotopic (exact) mass is 469 g/mol. The smallest absolute Gasteiger partial charge is 0.271 e. The molecule has 0 bridgehead atoms. The van der Waals surface area contributed by atoms with Crippen molar-refractivity contribution in [1.82, 2.24) is 9.88 Å². The maximum Gasteiger partial charge on any atom is 0.271 e. The molecule has 3 aromatic rings. The predicted molar refractivity (Wildman–Crippen MR) is 116 cm³/mol. The molecule has 0 aliphatic carbocycles. The van der Waals surface area contributed by atoms with E-state index in [1.165, 1.54) is 17.4 Å². The third-order valence-corrected chi connectivity index (χ3v) is 8.38. The zero-order valence-corrected chi connectivity index (χ0v) is 18.2. The third kappa shape index (κ3) is 4.22. The minimum absolute atomic E-state index is 0.0483. The molecule has 4 rings (SSSR count). The summed E-state index contributed by atoms with van der Waals surface area (Å²) in [4.78, 5) is 22.2. The summed E-state index contributed by atoms with van der Waals surface area (Å²) in [6.07, 6.45) is 1.34. The number of nitrogens with two attached hydrogens (primary N) is 1. The van der Waals surface area contributed by atoms with Gasteiger partial charge in [-0.05, 0) is 36.1 Å². The Balaban J connectivity index is 1.56. The first-order valence-electron chi connectivity index (χ1n) is 8.58. The van der Waals surface area contributed by atoms with Crippen LogP contribution in [0.3, 0.4) is 0 Å². The number of aliphatic imine (C=N–C) groups is 1. The molecule has 29 heavy (non-hydrogen) atoms. The van der Waals surface area contributed by atoms with Crippen LogP contribution in [0.25, 0.3) is 10.2 Å². The van der Waals surface area contributed by atoms with E-state index in [-0.39, 0.29) is 22.6 Å². The molecule has 0 atom stereocenters. The van der Waals surface area contributed by atoms with Crippen molar-refractivity contribution in [3.63, 3.8) is 0 Å². The van der Waals surface area contributed by atoms with E-state index in [2.05, 4.69) is 14.7 Å². The number of sulfonamides is 1. The molecule has 0 aromatic carbocycles. The number of rotatable bonds is 6. The van der Waals surface area contributed by atoms with Crippen molar-refractivity contribution in [3.05, 3.63) is 39.7 Å². The molecular formula is C17H16ClN5O3S3. The van der Waals surface area contributed by atoms with Crippen LogP contribution in [0.2, 0.25) is 5.15 Å². The topological polar surface area (TPSA) is 118 Å². The maximum absolute atomic E-state index is 12.8. The number of carbonyl (C=O) groups excluding carboxylic acids is 1. The Kier molecular flexibility index (Phi) is 5.47. The molecular weight excluding hydrogens is 454 g/mol. The lowest BCUT2D eigenvalue weighted by Crippen LogP contribution is -2.27. The summed E-state index contributed by atoms with van der Waals surface area (Å²) in [5, 5.41) is 2.02. The van der Waals surface area contributed by atoms with E-state index >= 15 is 0 Å². The molecule has 1 fully saturated rings. The number of nitrogens with one attached hydrogen (secondary N) is 1. The Bertz CT molecular complexity index is 1220. The zero-order chi connectivity index (χ0) is 20.6. The number of carbonyl (C=O) groups is 1. The van der Waals surface area contributed by atoms with E-state index in [1.54, 1.807) is 28.5 Å². The van der Waals surface area contributed by atoms with Crippen molar-refractivity contribution in [2.75, 3.05) is 17.9 Å². The second-order valence-electron chi connectivity index (χ2n) is 6.30. The van der Waals surface area contributed by atoms with E-state index in [9.17, 15) is 13.2 Å². The summed E-state index contributed by atoms with van der Waals surface area (Å²) < 4.78 is 29.1. The summed E-state index contributed by atoms with van der Waals surface area (Å²) in [5.74, 6) is 0.231. The molecule has 1 aliphatic heterocycles. The van der Waals surface area contributed by atoms with Crippen LogP contribution in [0.1, 0.15) is 17.7 Å². The van der Waals surface area contributed by atoms with Gasteiger partial charge in [-0.25, -0.2) is 18.4 Å². The van der Waals surface area contributed by atoms with Crippen LogP contribution in [0.5, 0.6) is 0 Å². The summed E-state index contributed by atoms with van der Waals surface area (Å²) in [7, 11) is -3.84. The highest BCUT2D eigenvalue weighted by molar-refractivity contribution is 7.94. The fourth-order valence-corrected chi connectivity index (χ4v) is 6.26. The Labute approximate surface area is 180 Å². The van der Waals surface area contributed by atoms with Gasteiger partial charge in [0.25, 0.3) is 10.0 Å². The largest absolute Gasteiger partial charge is 0.383 e. The molecule has 0 saturated carbocycles. The van der Waals surface area contributed by atoms with Gasteiger partial charge in [-0.2, -0.15) is 0 Å². The molecule has 8 nitrogen and oxygen atoms in total. The van der Waals surface area contributed by atoms with Crippen LogP contribution in [-0.2, 0) is 14.8 Å². The van der Waals surface area contributed by atoms with Gasteiger partial charge in [0, 0.05) is 13.0 Å². The van der Waals surface area contributed by atoms with Crippen LogP contribution in [0, 0.1) is 0 Å². The standard InChI is InChI=1S/C17H16ClN5O3S3/c18-13-4-3-12-11(21-13)8-15(28-12)29(25,26)22-10-5-7-27-16(10)17(19)20-9-23-6-1-2-14(23)24/h3-5,7-8,22H,1-2,6,9H2,(H2,19,20). The fourth-order valence-electron chi connectivity index (χ4n) is 2.88. The number of aromatic nitrogens is 1. The molecule has 0 unspecified atom stereocenters. The average Bonchev–Trinajstić information content (AvgIpc) is 3.39. The second kappa shape index (κ2) is 7.90. The molecule has 1 amide bonds. The van der Waals surface area contributed by atoms with E-state index in [0.717, 1.165) is 22.5 Å². The number of hydrogen-bond donors (Lipinski definition) is 2. The Morgan fingerprint density at radius 3 is 2.97 bits per heavy atom. The van der Waals surface area contributed by atoms with Crippen LogP contribution >= 0.6 is 34.3 Å². The number of thiophene rings is 2. The molecule has 3 N–H and O–H groups in total. The van der Waals surface area contributed by atoms with Gasteiger partial charge in [-0.15, -0.1) is 22.7 Å². The molecule has 152 valence electrons. The number of nitrogens with zero attached hydrogens (tertiary/aromatic N) is 3. The number of pyridine rings is 1. The van der Waals surface area contributed by atoms with Crippen molar-refractivity contribution in [2.24, 2.45) is 10.7 Å². The first-order valence-corrected chi connectivity index (χ1v) is 12.1. The highest BCUT2D eigenvalue weighted by Gasteiger charge is 2.22. The van der Waals surface area contributed by atoms with E-state index < -0.39 is 10.0 Å². The van der Waals surface area contributed by atoms with Crippen molar-refractivity contribution in [1.29, 1.82) is 0 Å². The number of hydrogen-bond acceptors (Lipinski definition) is 7. The third-order valence-electron chi connectivity index (χ3n) is 4.31. The summed E-state index contributed by atoms with van der Waals surface area (Å²) in [6, 6.07) is 6.46. The lowest BCUT2D eigenvalue weighted by atomic mass is 10.4. The van der Waals surface area contributed by atoms with Crippen LogP contribution in [0.15, 0.2) is 38.8 Å². The van der Waals surface area contributed by atoms with Crippen molar-refractivity contribution in [3.8, 4) is 0 Å². The first kappa shape index (κ1) is 20.1. The summed E-state index contributed by atoms with van der Waals surface area (Å²) >= 11 is 8.25. The van der Waals surface area contributed by atoms with Gasteiger partial charge in [0.2, 0.25) is 5.91 Å². The summed E-state index contributed by atoms with van der Waals surface area (Å²) in [6.45, 7) is 0.820. The lowest BCUT2D eigenvalue weighted by molar-refractivity contribution is -0.127. The Hall–Kier alpha value is -2.21. The zero-order valence-electron chi connectivity index (χ0n) is 15.0. The van der Waals surface area contributed by atoms with Gasteiger partial charge in [0.1, 0.15) is 21.9 Å². The van der Waals surface area contributed by atoms with Gasteiger partial charge in [-0.3, -0.25) is 9.52 Å². The Morgan fingerprint density at radius 1 is 1.38 bits per heavy atom. The van der Waals surface area contributed by atoms with Crippen LogP contribution < -0.4 is 10.5 Å². The minimum Gasteiger partial charge on any atom is -0.383 e. The number of fused-ring (bicyclic) bond motifs is 1. The quantitative estimate of drug-likeness (QED) is 0.326. The molecule has 4 heterocycles. The minimum atomic E-state index is -3.84. The normalized spacial score (nSPS) is 15.4.